The number of hydrogen-bond acceptors (Lipinski definition) is 5. The van der Waals surface area contributed by atoms with Crippen LogP contribution in [0, 0.1) is 5.92 Å². The maximum atomic E-state index is 13.0. The van der Waals surface area contributed by atoms with E-state index in [1.807, 2.05) is 12.1 Å². The van der Waals surface area contributed by atoms with Crippen LogP contribution >= 0.6 is 0 Å². The van der Waals surface area contributed by atoms with Crippen molar-refractivity contribution in [3.05, 3.63) is 34.9 Å². The predicted molar refractivity (Wildman–Crippen MR) is 107 cm³/mol. The van der Waals surface area contributed by atoms with Gasteiger partial charge in [-0.25, -0.2) is 0 Å². The van der Waals surface area contributed by atoms with E-state index in [1.165, 1.54) is 25.7 Å². The highest BCUT2D eigenvalue weighted by Gasteiger charge is 2.40. The van der Waals surface area contributed by atoms with Crippen molar-refractivity contribution in [2.45, 2.75) is 63.2 Å². The molecule has 1 aliphatic carbocycles. The summed E-state index contributed by atoms with van der Waals surface area (Å²) in [6.07, 6.45) is 5.71. The molecule has 0 radical (unpaired) electrons. The quantitative estimate of drug-likeness (QED) is 0.663. The third kappa shape index (κ3) is 3.46. The Bertz CT molecular complexity index is 858. The van der Waals surface area contributed by atoms with Crippen LogP contribution in [0.3, 0.4) is 0 Å². The van der Waals surface area contributed by atoms with Gasteiger partial charge in [0.15, 0.2) is 0 Å². The molecule has 3 aliphatic heterocycles. The lowest BCUT2D eigenvalue weighted by atomic mass is 9.73. The molecule has 3 unspecified atom stereocenters. The predicted octanol–water partition coefficient (Wildman–Crippen LogP) is 1.07. The Morgan fingerprint density at radius 3 is 2.97 bits per heavy atom. The molecule has 3 fully saturated rings. The topological polar surface area (TPSA) is 90.5 Å². The van der Waals surface area contributed by atoms with Gasteiger partial charge < -0.3 is 15.5 Å². The number of carbonyl (C=O) groups excluding carboxylic acids is 3. The Morgan fingerprint density at radius 1 is 1.21 bits per heavy atom. The summed E-state index contributed by atoms with van der Waals surface area (Å²) in [5.74, 6) is 0.0469. The van der Waals surface area contributed by atoms with Crippen LogP contribution in [-0.2, 0) is 22.7 Å². The van der Waals surface area contributed by atoms with Gasteiger partial charge in [0.2, 0.25) is 11.8 Å². The molecule has 1 saturated carbocycles. The Labute approximate surface area is 170 Å². The zero-order valence-corrected chi connectivity index (χ0v) is 16.6. The second kappa shape index (κ2) is 7.22. The summed E-state index contributed by atoms with van der Waals surface area (Å²) >= 11 is 0. The van der Waals surface area contributed by atoms with Crippen molar-refractivity contribution in [3.63, 3.8) is 0 Å². The van der Waals surface area contributed by atoms with Crippen molar-refractivity contribution >= 4 is 17.7 Å². The van der Waals surface area contributed by atoms with E-state index in [1.54, 1.807) is 4.90 Å². The number of piperidine rings is 2. The first kappa shape index (κ1) is 18.8. The highest BCUT2D eigenvalue weighted by atomic mass is 16.2. The van der Waals surface area contributed by atoms with E-state index in [4.69, 9.17) is 0 Å². The van der Waals surface area contributed by atoms with Gasteiger partial charge in [-0.1, -0.05) is 18.6 Å². The lowest BCUT2D eigenvalue weighted by molar-refractivity contribution is -0.136. The molecule has 5 rings (SSSR count). The smallest absolute Gasteiger partial charge is 0.255 e. The fraction of sp³-hybridized carbons (Fsp3) is 0.591. The number of fused-ring (bicyclic) bond motifs is 3. The average molecular weight is 396 g/mol. The molecule has 7 nitrogen and oxygen atoms in total. The molecule has 4 aliphatic rings. The molecule has 3 N–H and O–H groups in total. The molecular weight excluding hydrogens is 368 g/mol. The largest absolute Gasteiger partial charge is 0.322 e. The zero-order chi connectivity index (χ0) is 20.0. The van der Waals surface area contributed by atoms with E-state index in [9.17, 15) is 14.4 Å². The van der Waals surface area contributed by atoms with Crippen molar-refractivity contribution in [3.8, 4) is 0 Å². The normalized spacial score (nSPS) is 31.6. The lowest BCUT2D eigenvalue weighted by Crippen LogP contribution is -2.59. The van der Waals surface area contributed by atoms with E-state index in [0.29, 0.717) is 18.5 Å². The van der Waals surface area contributed by atoms with Crippen molar-refractivity contribution in [1.29, 1.82) is 0 Å². The molecule has 1 aromatic carbocycles. The van der Waals surface area contributed by atoms with E-state index in [2.05, 4.69) is 22.0 Å². The second-order valence-electron chi connectivity index (χ2n) is 9.12. The molecule has 2 bridgehead atoms. The van der Waals surface area contributed by atoms with Crippen molar-refractivity contribution in [2.24, 2.45) is 5.92 Å². The number of hydrogen-bond donors (Lipinski definition) is 3. The van der Waals surface area contributed by atoms with Gasteiger partial charge in [-0.3, -0.25) is 19.7 Å². The van der Waals surface area contributed by atoms with Crippen LogP contribution in [0.4, 0.5) is 0 Å². The highest BCUT2D eigenvalue weighted by molar-refractivity contribution is 6.05. The molecular formula is C22H28N4O3. The zero-order valence-electron chi connectivity index (χ0n) is 16.6. The molecule has 3 amide bonds. The minimum atomic E-state index is -0.555. The summed E-state index contributed by atoms with van der Waals surface area (Å²) in [5.41, 5.74) is 2.92. The number of amides is 3. The van der Waals surface area contributed by atoms with E-state index >= 15 is 0 Å². The Hall–Kier alpha value is -2.25. The van der Waals surface area contributed by atoms with Crippen molar-refractivity contribution in [1.82, 2.24) is 20.9 Å². The van der Waals surface area contributed by atoms with Crippen LogP contribution in [-0.4, -0.2) is 47.3 Å². The van der Waals surface area contributed by atoms with Crippen molar-refractivity contribution < 1.29 is 14.4 Å². The lowest BCUT2D eigenvalue weighted by Gasteiger charge is -2.46. The van der Waals surface area contributed by atoms with Crippen LogP contribution in [0.15, 0.2) is 18.2 Å². The summed E-state index contributed by atoms with van der Waals surface area (Å²) in [6, 6.07) is 5.52. The van der Waals surface area contributed by atoms with Gasteiger partial charge >= 0.3 is 0 Å². The number of nitrogens with zero attached hydrogens (tertiary/aromatic N) is 1. The summed E-state index contributed by atoms with van der Waals surface area (Å²) < 4.78 is 0. The third-order valence-electron chi connectivity index (χ3n) is 7.10. The highest BCUT2D eigenvalue weighted by Crippen LogP contribution is 2.35. The number of carbonyl (C=O) groups is 3. The van der Waals surface area contributed by atoms with Gasteiger partial charge in [-0.2, -0.15) is 0 Å². The molecule has 1 aromatic rings. The van der Waals surface area contributed by atoms with Gasteiger partial charge in [0, 0.05) is 37.2 Å². The summed E-state index contributed by atoms with van der Waals surface area (Å²) in [4.78, 5) is 38.2. The summed E-state index contributed by atoms with van der Waals surface area (Å²) in [7, 11) is 0. The fourth-order valence-corrected chi connectivity index (χ4v) is 5.56. The van der Waals surface area contributed by atoms with Crippen LogP contribution in [0.1, 0.15) is 60.0 Å². The minimum absolute atomic E-state index is 0.105. The number of benzene rings is 1. The van der Waals surface area contributed by atoms with Gasteiger partial charge in [-0.05, 0) is 55.3 Å². The maximum absolute atomic E-state index is 13.0. The average Bonchev–Trinajstić information content (AvgIpc) is 3.03. The number of nitrogens with one attached hydrogen (secondary N) is 3. The van der Waals surface area contributed by atoms with Crippen LogP contribution in [0.2, 0.25) is 0 Å². The van der Waals surface area contributed by atoms with E-state index in [-0.39, 0.29) is 29.7 Å². The maximum Gasteiger partial charge on any atom is 0.255 e. The number of imide groups is 1. The monoisotopic (exact) mass is 396 g/mol. The molecule has 0 spiro atoms. The number of rotatable bonds is 4. The molecule has 3 heterocycles. The molecule has 154 valence electrons. The second-order valence-corrected chi connectivity index (χ2v) is 9.12. The van der Waals surface area contributed by atoms with Gasteiger partial charge in [-0.15, -0.1) is 0 Å². The summed E-state index contributed by atoms with van der Waals surface area (Å²) in [6.45, 7) is 3.32. The molecule has 7 heteroatoms. The van der Waals surface area contributed by atoms with E-state index in [0.717, 1.165) is 36.7 Å². The standard InChI is InChI=1S/C22H28N4O3/c27-19-6-5-18(20(28)25-19)26-12-16-4-3-14(8-17(16)21(26)29)11-24-22-7-1-2-15(9-22)10-23-13-22/h3-4,8,15,18,23-24H,1-2,5-7,9-13H2,(H,25,27,28). The Balaban J connectivity index is 1.28. The third-order valence-corrected chi connectivity index (χ3v) is 7.10. The van der Waals surface area contributed by atoms with Gasteiger partial charge in [0.1, 0.15) is 6.04 Å². The first-order valence-electron chi connectivity index (χ1n) is 10.8. The molecule has 0 aromatic heterocycles. The molecule has 29 heavy (non-hydrogen) atoms. The first-order valence-corrected chi connectivity index (χ1v) is 10.8. The SMILES string of the molecule is O=C1CCC(N2Cc3ccc(CNC45CCCC(CNC4)C5)cc3C2=O)C(=O)N1. The Morgan fingerprint density at radius 2 is 2.10 bits per heavy atom. The van der Waals surface area contributed by atoms with Crippen LogP contribution in [0.25, 0.3) is 0 Å². The fourth-order valence-electron chi connectivity index (χ4n) is 5.56. The van der Waals surface area contributed by atoms with Crippen LogP contribution < -0.4 is 16.0 Å². The minimum Gasteiger partial charge on any atom is -0.322 e. The first-order chi connectivity index (χ1) is 14.0. The van der Waals surface area contributed by atoms with Crippen LogP contribution in [0.5, 0.6) is 0 Å². The van der Waals surface area contributed by atoms with Gasteiger partial charge in [0.25, 0.3) is 5.91 Å². The van der Waals surface area contributed by atoms with E-state index < -0.39 is 6.04 Å². The van der Waals surface area contributed by atoms with Crippen molar-refractivity contribution in [2.75, 3.05) is 13.1 Å². The van der Waals surface area contributed by atoms with Gasteiger partial charge in [0.05, 0.1) is 0 Å². The summed E-state index contributed by atoms with van der Waals surface area (Å²) in [5, 5.41) is 9.72. The Kier molecular flexibility index (Phi) is 4.67. The molecule has 3 atom stereocenters. The molecule has 2 saturated heterocycles.